The number of hydrogen-bond donors (Lipinski definition) is 0. The fourth-order valence-electron chi connectivity index (χ4n) is 7.57. The van der Waals surface area contributed by atoms with Gasteiger partial charge in [-0.2, -0.15) is 0 Å². The lowest BCUT2D eigenvalue weighted by molar-refractivity contribution is 0.622. The summed E-state index contributed by atoms with van der Waals surface area (Å²) in [6.45, 7) is 0. The normalized spacial score (nSPS) is 11.6. The first kappa shape index (κ1) is 31.7. The molecule has 0 amide bonds. The smallest absolute Gasteiger partial charge is 0.228 e. The number of benzene rings is 7. The Labute approximate surface area is 320 Å². The van der Waals surface area contributed by atoms with E-state index in [2.05, 4.69) is 83.8 Å². The molecule has 0 atom stereocenters. The molecule has 0 N–H and O–H groups in total. The van der Waals surface area contributed by atoms with Gasteiger partial charge in [-0.05, 0) is 69.4 Å². The molecular formula is C49H29N5O2. The van der Waals surface area contributed by atoms with Crippen molar-refractivity contribution < 1.29 is 8.83 Å². The Morgan fingerprint density at radius 2 is 0.946 bits per heavy atom. The Morgan fingerprint density at radius 3 is 1.59 bits per heavy atom. The molecular weight excluding hydrogens is 691 g/mol. The SMILES string of the molecule is c1ccc(-c2nc(-c3ccccc3)nc(-c3ccc(-c4ccc(-c5ccc6c(c5)oc5ccc7nc(-c8cccnc8)oc7c56)c5ccccc45)cc3)n2)cc1. The fraction of sp³-hybridized carbons (Fsp3) is 0. The van der Waals surface area contributed by atoms with Crippen molar-refractivity contribution in [3.05, 3.63) is 176 Å². The molecule has 0 aliphatic carbocycles. The van der Waals surface area contributed by atoms with Gasteiger partial charge in [0.05, 0.1) is 10.9 Å². The van der Waals surface area contributed by atoms with Crippen LogP contribution in [0.15, 0.2) is 185 Å². The van der Waals surface area contributed by atoms with Crippen LogP contribution in [0.4, 0.5) is 0 Å². The molecule has 7 heteroatoms. The number of furan rings is 1. The minimum atomic E-state index is 0.535. The third-order valence-electron chi connectivity index (χ3n) is 10.3. The molecule has 0 fully saturated rings. The van der Waals surface area contributed by atoms with Crippen LogP contribution in [0.25, 0.3) is 112 Å². The van der Waals surface area contributed by atoms with Crippen LogP contribution in [0.3, 0.4) is 0 Å². The van der Waals surface area contributed by atoms with Crippen LogP contribution in [0.2, 0.25) is 0 Å². The van der Waals surface area contributed by atoms with Crippen molar-refractivity contribution in [2.75, 3.05) is 0 Å². The van der Waals surface area contributed by atoms with Crippen molar-refractivity contribution in [1.82, 2.24) is 24.9 Å². The molecule has 7 aromatic carbocycles. The van der Waals surface area contributed by atoms with Crippen LogP contribution in [0, 0.1) is 0 Å². The third kappa shape index (κ3) is 5.41. The zero-order chi connectivity index (χ0) is 37.0. The summed E-state index contributed by atoms with van der Waals surface area (Å²) >= 11 is 0. The topological polar surface area (TPSA) is 90.7 Å². The molecule has 0 aliphatic rings. The predicted octanol–water partition coefficient (Wildman–Crippen LogP) is 12.5. The molecule has 4 aromatic heterocycles. The van der Waals surface area contributed by atoms with Gasteiger partial charge in [0.15, 0.2) is 23.1 Å². The quantitative estimate of drug-likeness (QED) is 0.169. The van der Waals surface area contributed by atoms with E-state index >= 15 is 0 Å². The van der Waals surface area contributed by atoms with Gasteiger partial charge in [-0.1, -0.05) is 127 Å². The maximum absolute atomic E-state index is 6.44. The van der Waals surface area contributed by atoms with E-state index in [4.69, 9.17) is 28.8 Å². The average molecular weight is 720 g/mol. The zero-order valence-corrected chi connectivity index (χ0v) is 29.8. The number of pyridine rings is 1. The summed E-state index contributed by atoms with van der Waals surface area (Å²) in [5.74, 6) is 2.45. The molecule has 0 saturated carbocycles. The summed E-state index contributed by atoms with van der Waals surface area (Å²) < 4.78 is 12.8. The number of aromatic nitrogens is 5. The van der Waals surface area contributed by atoms with Crippen molar-refractivity contribution >= 4 is 43.8 Å². The molecule has 0 saturated heterocycles. The van der Waals surface area contributed by atoms with Gasteiger partial charge >= 0.3 is 0 Å². The molecule has 0 bridgehead atoms. The van der Waals surface area contributed by atoms with E-state index in [1.165, 1.54) is 0 Å². The first-order valence-electron chi connectivity index (χ1n) is 18.4. The number of rotatable bonds is 6. The van der Waals surface area contributed by atoms with Gasteiger partial charge in [-0.25, -0.2) is 19.9 Å². The first-order chi connectivity index (χ1) is 27.7. The lowest BCUT2D eigenvalue weighted by atomic mass is 9.91. The molecule has 56 heavy (non-hydrogen) atoms. The van der Waals surface area contributed by atoms with Crippen LogP contribution in [-0.4, -0.2) is 24.9 Å². The Morgan fingerprint density at radius 1 is 0.375 bits per heavy atom. The monoisotopic (exact) mass is 719 g/mol. The summed E-state index contributed by atoms with van der Waals surface area (Å²) in [5, 5.41) is 4.21. The molecule has 4 heterocycles. The summed E-state index contributed by atoms with van der Waals surface area (Å²) in [4.78, 5) is 23.7. The van der Waals surface area contributed by atoms with Crippen LogP contribution < -0.4 is 0 Å². The van der Waals surface area contributed by atoms with Gasteiger partial charge in [0, 0.05) is 34.5 Å². The van der Waals surface area contributed by atoms with Crippen molar-refractivity contribution in [2.45, 2.75) is 0 Å². The number of hydrogen-bond acceptors (Lipinski definition) is 7. The van der Waals surface area contributed by atoms with E-state index in [9.17, 15) is 0 Å². The van der Waals surface area contributed by atoms with Crippen molar-refractivity contribution in [3.8, 4) is 67.9 Å². The Hall–Kier alpha value is -7.77. The second-order valence-corrected chi connectivity index (χ2v) is 13.7. The fourth-order valence-corrected chi connectivity index (χ4v) is 7.57. The van der Waals surface area contributed by atoms with Crippen molar-refractivity contribution in [3.63, 3.8) is 0 Å². The highest BCUT2D eigenvalue weighted by Gasteiger charge is 2.19. The molecule has 0 radical (unpaired) electrons. The summed E-state index contributed by atoms with van der Waals surface area (Å²) in [7, 11) is 0. The summed E-state index contributed by atoms with van der Waals surface area (Å²) in [5.41, 5.74) is 11.1. The van der Waals surface area contributed by atoms with Gasteiger partial charge in [0.2, 0.25) is 5.89 Å². The van der Waals surface area contributed by atoms with Gasteiger partial charge in [-0.3, -0.25) is 4.98 Å². The molecule has 0 unspecified atom stereocenters. The largest absolute Gasteiger partial charge is 0.456 e. The predicted molar refractivity (Wildman–Crippen MR) is 223 cm³/mol. The lowest BCUT2D eigenvalue weighted by Crippen LogP contribution is -2.00. The highest BCUT2D eigenvalue weighted by molar-refractivity contribution is 6.17. The standard InChI is InChI=1S/C49H29N5O2/c1-3-10-31(11-4-1)46-52-47(32-12-5-2-6-13-32)54-48(53-46)33-19-17-30(18-20-33)36-23-24-37(39-16-8-7-15-38(36)39)34-21-22-40-43(28-34)55-42-26-25-41-45(44(40)42)56-49(51-41)35-14-9-27-50-29-35/h1-29H. The summed E-state index contributed by atoms with van der Waals surface area (Å²) in [6, 6.07) is 55.7. The molecule has 7 nitrogen and oxygen atoms in total. The minimum Gasteiger partial charge on any atom is -0.456 e. The first-order valence-corrected chi connectivity index (χ1v) is 18.4. The van der Waals surface area contributed by atoms with Crippen LogP contribution >= 0.6 is 0 Å². The number of fused-ring (bicyclic) bond motifs is 6. The van der Waals surface area contributed by atoms with Crippen LogP contribution in [0.1, 0.15) is 0 Å². The second kappa shape index (κ2) is 13.0. The highest BCUT2D eigenvalue weighted by atomic mass is 16.4. The number of nitrogens with zero attached hydrogens (tertiary/aromatic N) is 5. The highest BCUT2D eigenvalue weighted by Crippen LogP contribution is 2.41. The molecule has 11 rings (SSSR count). The van der Waals surface area contributed by atoms with E-state index < -0.39 is 0 Å². The van der Waals surface area contributed by atoms with Crippen molar-refractivity contribution in [2.24, 2.45) is 0 Å². The Kier molecular flexibility index (Phi) is 7.35. The average Bonchev–Trinajstić information content (AvgIpc) is 3.88. The Balaban J connectivity index is 0.964. The molecule has 0 spiro atoms. The Bertz CT molecular complexity index is 3170. The molecule has 262 valence electrons. The van der Waals surface area contributed by atoms with Crippen LogP contribution in [0.5, 0.6) is 0 Å². The molecule has 11 aromatic rings. The van der Waals surface area contributed by atoms with E-state index in [-0.39, 0.29) is 0 Å². The maximum Gasteiger partial charge on any atom is 0.228 e. The molecule has 0 aliphatic heterocycles. The third-order valence-corrected chi connectivity index (χ3v) is 10.3. The number of oxazole rings is 1. The lowest BCUT2D eigenvalue weighted by Gasteiger charge is -2.13. The minimum absolute atomic E-state index is 0.535. The van der Waals surface area contributed by atoms with Crippen LogP contribution in [-0.2, 0) is 0 Å². The van der Waals surface area contributed by atoms with E-state index in [0.717, 1.165) is 82.7 Å². The van der Waals surface area contributed by atoms with E-state index in [0.29, 0.717) is 28.9 Å². The van der Waals surface area contributed by atoms with Crippen molar-refractivity contribution in [1.29, 1.82) is 0 Å². The zero-order valence-electron chi connectivity index (χ0n) is 29.8. The second-order valence-electron chi connectivity index (χ2n) is 13.7. The van der Waals surface area contributed by atoms with E-state index in [1.54, 1.807) is 12.4 Å². The maximum atomic E-state index is 6.44. The van der Waals surface area contributed by atoms with E-state index in [1.807, 2.05) is 84.9 Å². The van der Waals surface area contributed by atoms with Gasteiger partial charge < -0.3 is 8.83 Å². The summed E-state index contributed by atoms with van der Waals surface area (Å²) in [6.07, 6.45) is 3.49. The van der Waals surface area contributed by atoms with Gasteiger partial charge in [0.1, 0.15) is 16.7 Å². The van der Waals surface area contributed by atoms with Gasteiger partial charge in [-0.15, -0.1) is 0 Å². The van der Waals surface area contributed by atoms with Gasteiger partial charge in [0.25, 0.3) is 0 Å².